The summed E-state index contributed by atoms with van der Waals surface area (Å²) < 4.78 is 46.3. The molecule has 0 saturated carbocycles. The molecule has 0 bridgehead atoms. The highest BCUT2D eigenvalue weighted by atomic mass is 32.2. The number of hydrogen-bond acceptors (Lipinski definition) is 19. The molecule has 2 rings (SSSR count). The number of carboxylic acids is 4. The van der Waals surface area contributed by atoms with E-state index in [4.69, 9.17) is 21.1 Å². The zero-order valence-corrected chi connectivity index (χ0v) is 34.3. The van der Waals surface area contributed by atoms with Crippen molar-refractivity contribution in [1.82, 2.24) is 20.7 Å². The van der Waals surface area contributed by atoms with Crippen LogP contribution >= 0.6 is 0 Å². The van der Waals surface area contributed by atoms with Crippen molar-refractivity contribution >= 4 is 90.2 Å². The minimum absolute atomic E-state index is 0.0284. The van der Waals surface area contributed by atoms with Gasteiger partial charge in [0.1, 0.15) is 0 Å². The molecular formula is C34H43N9O18S2. The lowest BCUT2D eigenvalue weighted by molar-refractivity contribution is -0.145. The molecule has 0 aliphatic heterocycles. The number of anilines is 2. The van der Waals surface area contributed by atoms with Crippen LogP contribution in [0.1, 0.15) is 19.3 Å². The number of sulfonamides is 2. The third-order valence-electron chi connectivity index (χ3n) is 8.20. The van der Waals surface area contributed by atoms with Gasteiger partial charge in [-0.05, 0) is 48.5 Å². The fraction of sp³-hybridized carbons (Fsp3) is 0.353. The summed E-state index contributed by atoms with van der Waals surface area (Å²) in [4.78, 5) is 125. The Balaban J connectivity index is 2.36. The number of Topliss-reactive ketones (excluding diaryl/α,β-unsaturated/α-hetero) is 4. The van der Waals surface area contributed by atoms with Gasteiger partial charge in [0, 0.05) is 24.5 Å². The second kappa shape index (κ2) is 23.7. The first-order chi connectivity index (χ1) is 29.2. The Hall–Kier alpha value is -6.44. The van der Waals surface area contributed by atoms with Crippen LogP contribution in [0.4, 0.5) is 11.4 Å². The van der Waals surface area contributed by atoms with E-state index >= 15 is 0 Å². The average molecular weight is 930 g/mol. The monoisotopic (exact) mass is 929 g/mol. The lowest BCUT2D eigenvalue weighted by atomic mass is 9.99. The number of aliphatic carboxylic acids is 4. The third-order valence-corrected chi connectivity index (χ3v) is 10.1. The molecule has 0 saturated heterocycles. The quantitative estimate of drug-likeness (QED) is 0.0269. The number of hydrogen-bond donors (Lipinski definition) is 11. The maximum atomic E-state index is 13.4. The summed E-state index contributed by atoms with van der Waals surface area (Å²) in [5, 5.41) is 52.1. The van der Waals surface area contributed by atoms with Gasteiger partial charge in [0.15, 0.2) is 0 Å². The number of rotatable bonds is 29. The van der Waals surface area contributed by atoms with E-state index in [-0.39, 0.29) is 21.2 Å². The van der Waals surface area contributed by atoms with Crippen LogP contribution < -0.4 is 37.5 Å². The van der Waals surface area contributed by atoms with Gasteiger partial charge < -0.3 is 36.8 Å². The van der Waals surface area contributed by atoms with Crippen LogP contribution in [-0.2, 0) is 68.0 Å². The van der Waals surface area contributed by atoms with Gasteiger partial charge in [-0.25, -0.2) is 38.0 Å². The van der Waals surface area contributed by atoms with E-state index in [2.05, 4.69) is 10.6 Å². The van der Waals surface area contributed by atoms with Gasteiger partial charge in [0.2, 0.25) is 55.0 Å². The number of nitrogens with two attached hydrogens (primary N) is 3. The van der Waals surface area contributed by atoms with Crippen LogP contribution in [0.3, 0.4) is 0 Å². The molecule has 63 heavy (non-hydrogen) atoms. The van der Waals surface area contributed by atoms with E-state index in [1.54, 1.807) is 0 Å². The number of benzene rings is 2. The number of carbonyl (C=O) groups is 10. The fourth-order valence-electron chi connectivity index (χ4n) is 5.24. The fourth-order valence-corrected chi connectivity index (χ4v) is 6.28. The summed E-state index contributed by atoms with van der Waals surface area (Å²) in [5.41, 5.74) is 9.60. The van der Waals surface area contributed by atoms with Crippen molar-refractivity contribution in [2.45, 2.75) is 47.2 Å². The van der Waals surface area contributed by atoms with Gasteiger partial charge in [0.25, 0.3) is 0 Å². The number of carbonyl (C=O) groups excluding carboxylic acids is 6. The molecule has 0 radical (unpaired) electrons. The molecule has 0 unspecified atom stereocenters. The van der Waals surface area contributed by atoms with Crippen molar-refractivity contribution in [3.8, 4) is 0 Å². The standard InChI is InChI=1S/C34H43N9O18S2/c35-22(11-28(47)48)32(55)34(57)24(13-30(51)52)41-40-23(12-29(49)50)33(56)25(44)14-42(15-26(45)38-18-1-5-20(6-2-18)62(36,58)59)9-10-43(17-31(53)54)16-27(46)39-19-3-7-21(8-4-19)63(37,60)61/h1-8,22-24,40-41H,9-17,35H2,(H,38,45)(H,39,46)(H,47,48)(H,49,50)(H,51,52)(H,53,54)(H2,36,58,59)(H2,37,60,61)/t22-,23-,24-/m0/s1. The molecule has 344 valence electrons. The maximum Gasteiger partial charge on any atom is 0.317 e. The molecule has 27 nitrogen and oxygen atoms in total. The van der Waals surface area contributed by atoms with E-state index in [9.17, 15) is 80.1 Å². The van der Waals surface area contributed by atoms with Gasteiger partial charge >= 0.3 is 23.9 Å². The summed E-state index contributed by atoms with van der Waals surface area (Å²) >= 11 is 0. The van der Waals surface area contributed by atoms with Crippen LogP contribution in [0.2, 0.25) is 0 Å². The first-order valence-corrected chi connectivity index (χ1v) is 20.8. The third kappa shape index (κ3) is 19.0. The molecule has 0 aliphatic rings. The Bertz CT molecular complexity index is 2310. The second-order valence-electron chi connectivity index (χ2n) is 13.4. The molecule has 29 heteroatoms. The van der Waals surface area contributed by atoms with Gasteiger partial charge in [-0.2, -0.15) is 0 Å². The molecular weight excluding hydrogens is 887 g/mol. The minimum atomic E-state index is -4.11. The molecule has 2 aromatic rings. The molecule has 2 aromatic carbocycles. The number of amides is 2. The molecule has 0 heterocycles. The Kier molecular flexibility index (Phi) is 19.8. The molecule has 2 amide bonds. The minimum Gasteiger partial charge on any atom is -0.481 e. The Morgan fingerprint density at radius 3 is 1.22 bits per heavy atom. The lowest BCUT2D eigenvalue weighted by Crippen LogP contribution is -2.57. The molecule has 0 aliphatic carbocycles. The predicted molar refractivity (Wildman–Crippen MR) is 212 cm³/mol. The van der Waals surface area contributed by atoms with Gasteiger partial charge in [0.05, 0.1) is 73.4 Å². The smallest absolute Gasteiger partial charge is 0.317 e. The first kappa shape index (κ1) is 52.7. The number of carboxylic acid groups (broad SMARTS) is 4. The van der Waals surface area contributed by atoms with Crippen molar-refractivity contribution in [3.63, 3.8) is 0 Å². The van der Waals surface area contributed by atoms with E-state index < -0.39 is 156 Å². The second-order valence-corrected chi connectivity index (χ2v) is 16.5. The highest BCUT2D eigenvalue weighted by molar-refractivity contribution is 7.89. The van der Waals surface area contributed by atoms with E-state index in [1.807, 2.05) is 10.9 Å². The van der Waals surface area contributed by atoms with Gasteiger partial charge in [-0.15, -0.1) is 0 Å². The molecule has 0 fully saturated rings. The summed E-state index contributed by atoms with van der Waals surface area (Å²) in [6.45, 7) is -4.05. The summed E-state index contributed by atoms with van der Waals surface area (Å²) in [7, 11) is -8.17. The van der Waals surface area contributed by atoms with Gasteiger partial charge in [-0.1, -0.05) is 0 Å². The zero-order valence-electron chi connectivity index (χ0n) is 32.7. The van der Waals surface area contributed by atoms with Crippen LogP contribution in [0, 0.1) is 0 Å². The van der Waals surface area contributed by atoms with Crippen LogP contribution in [0.15, 0.2) is 58.3 Å². The van der Waals surface area contributed by atoms with Crippen molar-refractivity contribution < 1.29 is 85.2 Å². The Morgan fingerprint density at radius 1 is 0.508 bits per heavy atom. The Labute approximate surface area is 357 Å². The maximum absolute atomic E-state index is 13.4. The van der Waals surface area contributed by atoms with Gasteiger partial charge in [-0.3, -0.25) is 57.7 Å². The zero-order chi connectivity index (χ0) is 47.8. The molecule has 3 atom stereocenters. The topological polar surface area (TPSA) is 453 Å². The number of ketones is 4. The van der Waals surface area contributed by atoms with Crippen molar-refractivity contribution in [1.29, 1.82) is 0 Å². The van der Waals surface area contributed by atoms with E-state index in [0.717, 1.165) is 46.2 Å². The summed E-state index contributed by atoms with van der Waals surface area (Å²) in [6.07, 6.45) is -3.39. The normalized spacial score (nSPS) is 13.0. The highest BCUT2D eigenvalue weighted by Crippen LogP contribution is 2.14. The Morgan fingerprint density at radius 2 is 0.873 bits per heavy atom. The van der Waals surface area contributed by atoms with Crippen LogP contribution in [-0.4, -0.2) is 163 Å². The van der Waals surface area contributed by atoms with Crippen LogP contribution in [0.5, 0.6) is 0 Å². The summed E-state index contributed by atoms with van der Waals surface area (Å²) in [6, 6.07) is 2.99. The molecule has 0 spiro atoms. The number of nitrogens with zero attached hydrogens (tertiary/aromatic N) is 2. The van der Waals surface area contributed by atoms with E-state index in [0.29, 0.717) is 0 Å². The van der Waals surface area contributed by atoms with Crippen molar-refractivity contribution in [2.75, 3.05) is 49.9 Å². The van der Waals surface area contributed by atoms with Crippen molar-refractivity contribution in [3.05, 3.63) is 48.5 Å². The molecule has 14 N–H and O–H groups in total. The first-order valence-electron chi connectivity index (χ1n) is 17.7. The lowest BCUT2D eigenvalue weighted by Gasteiger charge is -2.26. The average Bonchev–Trinajstić information content (AvgIpc) is 3.15. The predicted octanol–water partition coefficient (Wildman–Crippen LogP) is -4.89. The molecule has 0 aromatic heterocycles. The van der Waals surface area contributed by atoms with Crippen LogP contribution in [0.25, 0.3) is 0 Å². The largest absolute Gasteiger partial charge is 0.481 e. The van der Waals surface area contributed by atoms with E-state index in [1.165, 1.54) is 12.1 Å². The SMILES string of the molecule is N[C@@H](CC(=O)O)C(=O)C(=O)[C@H](CC(=O)O)NN[C@@H](CC(=O)O)C(=O)C(=O)CN(CCN(CC(=O)O)CC(=O)Nc1ccc(S(N)(=O)=O)cc1)CC(=O)Nc1ccc(S(N)(=O)=O)cc1. The summed E-state index contributed by atoms with van der Waals surface area (Å²) in [5.74, 6) is -14.1. The number of primary sulfonamides is 2. The van der Waals surface area contributed by atoms with Crippen molar-refractivity contribution in [2.24, 2.45) is 16.0 Å². The highest BCUT2D eigenvalue weighted by Gasteiger charge is 2.35. The number of hydrazine groups is 1. The number of nitrogens with one attached hydrogen (secondary N) is 4.